The van der Waals surface area contributed by atoms with E-state index in [1.54, 1.807) is 4.90 Å². The van der Waals surface area contributed by atoms with E-state index in [9.17, 15) is 19.2 Å². The number of carbonyl (C=O) groups is 4. The van der Waals surface area contributed by atoms with Crippen molar-refractivity contribution in [3.05, 3.63) is 0 Å². The molecule has 0 bridgehead atoms. The van der Waals surface area contributed by atoms with Crippen LogP contribution in [0.25, 0.3) is 0 Å². The summed E-state index contributed by atoms with van der Waals surface area (Å²) in [6, 6.07) is 0.108. The molecule has 11 heteroatoms. The molecule has 0 aromatic heterocycles. The molecule has 0 aromatic rings. The van der Waals surface area contributed by atoms with Crippen LogP contribution in [-0.2, 0) is 19.1 Å². The number of likely N-dealkylation sites (tertiary alicyclic amines) is 1. The Morgan fingerprint density at radius 2 is 1.56 bits per heavy atom. The van der Waals surface area contributed by atoms with Crippen molar-refractivity contribution in [1.82, 2.24) is 4.90 Å². The maximum atomic E-state index is 11.6. The summed E-state index contributed by atoms with van der Waals surface area (Å²) in [6.07, 6.45) is -0.559. The van der Waals surface area contributed by atoms with Crippen LogP contribution in [0, 0.1) is 0 Å². The maximum Gasteiger partial charge on any atom is 0.410 e. The lowest BCUT2D eigenvalue weighted by molar-refractivity contribution is -0.170. The molecule has 1 rings (SSSR count). The minimum Gasteiger partial charge on any atom is -0.481 e. The summed E-state index contributed by atoms with van der Waals surface area (Å²) in [5.74, 6) is -5.02. The largest absolute Gasteiger partial charge is 0.481 e. The summed E-state index contributed by atoms with van der Waals surface area (Å²) in [7, 11) is 0. The van der Waals surface area contributed by atoms with Gasteiger partial charge in [0.15, 0.2) is 5.60 Å². The van der Waals surface area contributed by atoms with Gasteiger partial charge in [-0.2, -0.15) is 0 Å². The second-order valence-electron chi connectivity index (χ2n) is 7.31. The molecule has 1 fully saturated rings. The van der Waals surface area contributed by atoms with Crippen LogP contribution in [0.15, 0.2) is 0 Å². The van der Waals surface area contributed by atoms with E-state index in [4.69, 9.17) is 30.9 Å². The average molecular weight is 392 g/mol. The SMILES string of the molecule is CC(C)(C)OC(=O)N1CCCC(N)C1.O=C(O)CC(O)(CC(=O)O)C(=O)O. The van der Waals surface area contributed by atoms with E-state index < -0.39 is 42.0 Å². The van der Waals surface area contributed by atoms with Crippen LogP contribution in [0.1, 0.15) is 46.5 Å². The molecule has 27 heavy (non-hydrogen) atoms. The van der Waals surface area contributed by atoms with Gasteiger partial charge in [-0.25, -0.2) is 9.59 Å². The monoisotopic (exact) mass is 392 g/mol. The van der Waals surface area contributed by atoms with Gasteiger partial charge in [0.1, 0.15) is 5.60 Å². The van der Waals surface area contributed by atoms with Gasteiger partial charge in [0, 0.05) is 19.1 Å². The van der Waals surface area contributed by atoms with Crippen molar-refractivity contribution in [3.63, 3.8) is 0 Å². The van der Waals surface area contributed by atoms with Crippen molar-refractivity contribution in [2.75, 3.05) is 13.1 Å². The van der Waals surface area contributed by atoms with Crippen LogP contribution in [0.4, 0.5) is 4.79 Å². The molecule has 11 nitrogen and oxygen atoms in total. The number of nitrogens with zero attached hydrogens (tertiary/aromatic N) is 1. The lowest BCUT2D eigenvalue weighted by Crippen LogP contribution is -2.47. The van der Waals surface area contributed by atoms with Gasteiger partial charge in [-0.05, 0) is 33.6 Å². The summed E-state index contributed by atoms with van der Waals surface area (Å²) in [5.41, 5.74) is 2.62. The zero-order chi connectivity index (χ0) is 21.4. The fraction of sp³-hybridized carbons (Fsp3) is 0.750. The number of aliphatic carboxylic acids is 3. The molecule has 0 aromatic carbocycles. The predicted molar refractivity (Wildman–Crippen MR) is 92.1 cm³/mol. The zero-order valence-electron chi connectivity index (χ0n) is 15.7. The smallest absolute Gasteiger partial charge is 0.410 e. The average Bonchev–Trinajstić information content (AvgIpc) is 2.44. The van der Waals surface area contributed by atoms with Crippen LogP contribution in [0.3, 0.4) is 0 Å². The van der Waals surface area contributed by atoms with Crippen molar-refractivity contribution in [1.29, 1.82) is 0 Å². The van der Waals surface area contributed by atoms with Crippen molar-refractivity contribution >= 4 is 24.0 Å². The molecule has 1 heterocycles. The molecule has 156 valence electrons. The Morgan fingerprint density at radius 1 is 1.07 bits per heavy atom. The molecule has 0 aliphatic carbocycles. The Morgan fingerprint density at radius 3 is 1.89 bits per heavy atom. The molecule has 0 saturated carbocycles. The third-order valence-electron chi connectivity index (χ3n) is 3.39. The lowest BCUT2D eigenvalue weighted by atomic mass is 9.96. The Kier molecular flexibility index (Phi) is 9.17. The highest BCUT2D eigenvalue weighted by Crippen LogP contribution is 2.16. The fourth-order valence-corrected chi connectivity index (χ4v) is 2.22. The van der Waals surface area contributed by atoms with Crippen LogP contribution in [0.5, 0.6) is 0 Å². The van der Waals surface area contributed by atoms with Crippen molar-refractivity contribution < 1.29 is 44.3 Å². The number of carboxylic acid groups (broad SMARTS) is 3. The van der Waals surface area contributed by atoms with E-state index in [1.165, 1.54) is 0 Å². The maximum absolute atomic E-state index is 11.6. The second-order valence-corrected chi connectivity index (χ2v) is 7.31. The molecule has 1 amide bonds. The number of carboxylic acids is 3. The molecule has 1 aliphatic heterocycles. The Hall–Kier alpha value is -2.40. The standard InChI is InChI=1S/C10H20N2O2.C6H8O7/c1-10(2,3)14-9(13)12-6-4-5-8(11)7-12;7-3(8)1-6(13,5(11)12)2-4(9)10/h8H,4-7,11H2,1-3H3;13H,1-2H2,(H,7,8)(H,9,10)(H,11,12). The van der Waals surface area contributed by atoms with Gasteiger partial charge >= 0.3 is 24.0 Å². The number of hydrogen-bond acceptors (Lipinski definition) is 7. The first-order chi connectivity index (χ1) is 12.2. The van der Waals surface area contributed by atoms with E-state index >= 15 is 0 Å². The fourth-order valence-electron chi connectivity index (χ4n) is 2.22. The number of rotatable bonds is 5. The Balaban J connectivity index is 0.000000503. The first kappa shape index (κ1) is 24.6. The third kappa shape index (κ3) is 10.4. The van der Waals surface area contributed by atoms with Gasteiger partial charge in [-0.1, -0.05) is 0 Å². The van der Waals surface area contributed by atoms with Gasteiger partial charge in [0.05, 0.1) is 12.8 Å². The molecule has 0 spiro atoms. The minimum atomic E-state index is -2.74. The van der Waals surface area contributed by atoms with E-state index in [2.05, 4.69) is 0 Å². The van der Waals surface area contributed by atoms with Gasteiger partial charge in [-0.3, -0.25) is 9.59 Å². The van der Waals surface area contributed by atoms with Crippen molar-refractivity contribution in [2.45, 2.75) is 63.7 Å². The summed E-state index contributed by atoms with van der Waals surface area (Å²) < 4.78 is 5.26. The van der Waals surface area contributed by atoms with E-state index in [1.807, 2.05) is 20.8 Å². The summed E-state index contributed by atoms with van der Waals surface area (Å²) >= 11 is 0. The third-order valence-corrected chi connectivity index (χ3v) is 3.39. The summed E-state index contributed by atoms with van der Waals surface area (Å²) in [5, 5.41) is 33.8. The van der Waals surface area contributed by atoms with Crippen LogP contribution >= 0.6 is 0 Å². The number of amides is 1. The second kappa shape index (κ2) is 10.1. The Bertz CT molecular complexity index is 541. The highest BCUT2D eigenvalue weighted by atomic mass is 16.6. The number of ether oxygens (including phenoxy) is 1. The van der Waals surface area contributed by atoms with Crippen molar-refractivity contribution in [3.8, 4) is 0 Å². The number of aliphatic hydroxyl groups is 1. The van der Waals surface area contributed by atoms with Crippen LogP contribution in [0.2, 0.25) is 0 Å². The molecule has 6 N–H and O–H groups in total. The van der Waals surface area contributed by atoms with E-state index in [0.29, 0.717) is 6.54 Å². The highest BCUT2D eigenvalue weighted by molar-refractivity contribution is 5.88. The van der Waals surface area contributed by atoms with Gasteiger partial charge in [-0.15, -0.1) is 0 Å². The Labute approximate surface area is 156 Å². The predicted octanol–water partition coefficient (Wildman–Crippen LogP) is 0.0961. The number of piperidine rings is 1. The normalized spacial score (nSPS) is 17.4. The molecule has 1 saturated heterocycles. The van der Waals surface area contributed by atoms with Crippen LogP contribution < -0.4 is 5.73 Å². The zero-order valence-corrected chi connectivity index (χ0v) is 15.7. The van der Waals surface area contributed by atoms with Gasteiger partial charge < -0.3 is 35.8 Å². The number of nitrogens with two attached hydrogens (primary N) is 1. The first-order valence-corrected chi connectivity index (χ1v) is 8.29. The van der Waals surface area contributed by atoms with Crippen LogP contribution in [-0.4, -0.2) is 79.7 Å². The number of carbonyl (C=O) groups excluding carboxylic acids is 1. The molecule has 0 radical (unpaired) electrons. The summed E-state index contributed by atoms with van der Waals surface area (Å²) in [4.78, 5) is 43.8. The lowest BCUT2D eigenvalue weighted by Gasteiger charge is -2.32. The number of hydrogen-bond donors (Lipinski definition) is 5. The summed E-state index contributed by atoms with van der Waals surface area (Å²) in [6.45, 7) is 7.00. The quantitative estimate of drug-likeness (QED) is 0.429. The minimum absolute atomic E-state index is 0.108. The molecule has 1 aliphatic rings. The first-order valence-electron chi connectivity index (χ1n) is 8.29. The van der Waals surface area contributed by atoms with Gasteiger partial charge in [0.2, 0.25) is 0 Å². The van der Waals surface area contributed by atoms with E-state index in [0.717, 1.165) is 19.4 Å². The molecular formula is C16H28N2O9. The molecular weight excluding hydrogens is 364 g/mol. The topological polar surface area (TPSA) is 188 Å². The van der Waals surface area contributed by atoms with Gasteiger partial charge in [0.25, 0.3) is 0 Å². The van der Waals surface area contributed by atoms with Crippen molar-refractivity contribution in [2.24, 2.45) is 5.73 Å². The molecule has 1 atom stereocenters. The van der Waals surface area contributed by atoms with E-state index in [-0.39, 0.29) is 12.1 Å². The highest BCUT2D eigenvalue weighted by Gasteiger charge is 2.40. The molecule has 1 unspecified atom stereocenters.